The van der Waals surface area contributed by atoms with Gasteiger partial charge in [-0.1, -0.05) is 47.1 Å². The van der Waals surface area contributed by atoms with E-state index < -0.39 is 6.04 Å². The molecule has 4 atom stereocenters. The van der Waals surface area contributed by atoms with Crippen molar-refractivity contribution in [2.24, 2.45) is 11.8 Å². The highest BCUT2D eigenvalue weighted by molar-refractivity contribution is 9.10. The number of nitrogens with one attached hydrogen (secondary N) is 1. The topological polar surface area (TPSA) is 86.8 Å². The first kappa shape index (κ1) is 25.1. The maximum atomic E-state index is 13.3. The summed E-state index contributed by atoms with van der Waals surface area (Å²) in [7, 11) is 0. The Kier molecular flexibility index (Phi) is 8.46. The molecule has 0 bridgehead atoms. The fraction of sp³-hybridized carbons (Fsp3) is 0.520. The molecule has 3 rings (SSSR count). The molecule has 1 saturated heterocycles. The van der Waals surface area contributed by atoms with Crippen molar-refractivity contribution in [1.82, 2.24) is 15.1 Å². The van der Waals surface area contributed by atoms with Gasteiger partial charge in [0.05, 0.1) is 11.8 Å². The van der Waals surface area contributed by atoms with Crippen molar-refractivity contribution in [3.05, 3.63) is 46.5 Å². The molecule has 0 aromatic heterocycles. The molecule has 1 fully saturated rings. The second kappa shape index (κ2) is 11.1. The minimum absolute atomic E-state index is 0.00128. The van der Waals surface area contributed by atoms with Gasteiger partial charge in [-0.2, -0.15) is 0 Å². The number of benzene rings is 1. The highest BCUT2D eigenvalue weighted by Gasteiger charge is 2.47. The van der Waals surface area contributed by atoms with Crippen molar-refractivity contribution in [1.29, 1.82) is 0 Å². The fourth-order valence-electron chi connectivity index (χ4n) is 4.28. The molecule has 0 saturated carbocycles. The zero-order valence-corrected chi connectivity index (χ0v) is 21.0. The third-order valence-electron chi connectivity index (χ3n) is 6.58. The van der Waals surface area contributed by atoms with E-state index in [1.807, 2.05) is 50.3 Å². The number of carbonyl (C=O) groups excluding carboxylic acids is 4. The maximum Gasteiger partial charge on any atom is 0.242 e. The van der Waals surface area contributed by atoms with Gasteiger partial charge in [0, 0.05) is 30.0 Å². The number of amides is 4. The molecule has 0 spiro atoms. The van der Waals surface area contributed by atoms with Crippen molar-refractivity contribution >= 4 is 39.6 Å². The highest BCUT2D eigenvalue weighted by Crippen LogP contribution is 2.35. The van der Waals surface area contributed by atoms with Crippen molar-refractivity contribution in [3.8, 4) is 0 Å². The summed E-state index contributed by atoms with van der Waals surface area (Å²) in [5.74, 6) is -1.49. The van der Waals surface area contributed by atoms with E-state index in [0.29, 0.717) is 12.8 Å². The van der Waals surface area contributed by atoms with Gasteiger partial charge in [-0.15, -0.1) is 0 Å². The lowest BCUT2D eigenvalue weighted by molar-refractivity contribution is -0.143. The van der Waals surface area contributed by atoms with E-state index in [0.717, 1.165) is 16.5 Å². The Hall–Kier alpha value is -2.48. The molecule has 1 aliphatic carbocycles. The second-order valence-electron chi connectivity index (χ2n) is 8.88. The molecule has 1 N–H and O–H groups in total. The van der Waals surface area contributed by atoms with Crippen LogP contribution in [-0.2, 0) is 25.7 Å². The normalized spacial score (nSPS) is 21.5. The summed E-state index contributed by atoms with van der Waals surface area (Å²) in [6.45, 7) is 5.92. The zero-order chi connectivity index (χ0) is 24.1. The molecule has 0 unspecified atom stereocenters. The first-order valence-corrected chi connectivity index (χ1v) is 12.4. The van der Waals surface area contributed by atoms with Gasteiger partial charge in [-0.3, -0.25) is 24.1 Å². The van der Waals surface area contributed by atoms with Crippen molar-refractivity contribution in [2.45, 2.75) is 65.1 Å². The Morgan fingerprint density at radius 3 is 2.21 bits per heavy atom. The minimum Gasteiger partial charge on any atom is -0.352 e. The van der Waals surface area contributed by atoms with Crippen molar-refractivity contribution in [3.63, 3.8) is 0 Å². The number of nitrogens with zero attached hydrogens (tertiary/aromatic N) is 2. The first-order chi connectivity index (χ1) is 15.7. The largest absolute Gasteiger partial charge is 0.352 e. The number of hydrogen-bond donors (Lipinski definition) is 1. The van der Waals surface area contributed by atoms with Crippen molar-refractivity contribution < 1.29 is 19.2 Å². The molecule has 7 nitrogen and oxygen atoms in total. The van der Waals surface area contributed by atoms with Crippen molar-refractivity contribution in [2.75, 3.05) is 6.54 Å². The molecule has 33 heavy (non-hydrogen) atoms. The van der Waals surface area contributed by atoms with Gasteiger partial charge in [0.1, 0.15) is 6.04 Å². The summed E-state index contributed by atoms with van der Waals surface area (Å²) in [5, 5.41) is 2.94. The van der Waals surface area contributed by atoms with Crippen LogP contribution in [0.4, 0.5) is 0 Å². The summed E-state index contributed by atoms with van der Waals surface area (Å²) in [5.41, 5.74) is 0.889. The smallest absolute Gasteiger partial charge is 0.242 e. The predicted molar refractivity (Wildman–Crippen MR) is 129 cm³/mol. The van der Waals surface area contributed by atoms with Crippen LogP contribution >= 0.6 is 15.9 Å². The van der Waals surface area contributed by atoms with Gasteiger partial charge in [-0.05, 0) is 50.8 Å². The Morgan fingerprint density at radius 2 is 1.67 bits per heavy atom. The van der Waals surface area contributed by atoms with Gasteiger partial charge < -0.3 is 10.2 Å². The van der Waals surface area contributed by atoms with Crippen LogP contribution in [0.5, 0.6) is 0 Å². The molecule has 1 aromatic carbocycles. The van der Waals surface area contributed by atoms with E-state index in [1.165, 1.54) is 9.80 Å². The van der Waals surface area contributed by atoms with E-state index in [9.17, 15) is 19.2 Å². The summed E-state index contributed by atoms with van der Waals surface area (Å²) in [6, 6.07) is 6.88. The Labute approximate surface area is 203 Å². The number of hydrogen-bond acceptors (Lipinski definition) is 4. The number of likely N-dealkylation sites (tertiary alicyclic amines) is 1. The Morgan fingerprint density at radius 1 is 1.09 bits per heavy atom. The van der Waals surface area contributed by atoms with Gasteiger partial charge in [0.25, 0.3) is 0 Å². The number of halogens is 1. The van der Waals surface area contributed by atoms with E-state index in [4.69, 9.17) is 0 Å². The monoisotopic (exact) mass is 517 g/mol. The van der Waals surface area contributed by atoms with E-state index >= 15 is 0 Å². The standard InChI is InChI=1S/C25H32BrN3O4/c1-4-16(2)27-23(31)17(3)29(15-18-9-11-19(26)12-10-18)22(30)13-14-28-24(32)20-7-5-6-8-21(20)25(28)33/h5-6,9-12,16-17,20-21H,4,7-8,13-15H2,1-3H3,(H,27,31)/t16-,17+,20-,21+/m0/s1. The average molecular weight is 518 g/mol. The number of rotatable bonds is 9. The van der Waals surface area contributed by atoms with Crippen LogP contribution in [0, 0.1) is 11.8 Å². The molecule has 1 aromatic rings. The van der Waals surface area contributed by atoms with Crippen LogP contribution in [0.15, 0.2) is 40.9 Å². The minimum atomic E-state index is -0.688. The number of carbonyl (C=O) groups is 4. The third-order valence-corrected chi connectivity index (χ3v) is 7.11. The third kappa shape index (κ3) is 5.91. The van der Waals surface area contributed by atoms with Gasteiger partial charge in [-0.25, -0.2) is 0 Å². The lowest BCUT2D eigenvalue weighted by Gasteiger charge is -2.30. The Bertz CT molecular complexity index is 904. The molecular formula is C25H32BrN3O4. The van der Waals surface area contributed by atoms with Gasteiger partial charge in [0.15, 0.2) is 0 Å². The van der Waals surface area contributed by atoms with Crippen LogP contribution in [0.2, 0.25) is 0 Å². The maximum absolute atomic E-state index is 13.3. The van der Waals surface area contributed by atoms with Crippen LogP contribution in [0.1, 0.15) is 52.0 Å². The van der Waals surface area contributed by atoms with Crippen LogP contribution in [-0.4, -0.2) is 52.1 Å². The lowest BCUT2D eigenvalue weighted by atomic mass is 9.85. The van der Waals surface area contributed by atoms with E-state index in [1.54, 1.807) is 6.92 Å². The predicted octanol–water partition coefficient (Wildman–Crippen LogP) is 3.42. The number of fused-ring (bicyclic) bond motifs is 1. The molecule has 0 radical (unpaired) electrons. The van der Waals surface area contributed by atoms with Gasteiger partial charge >= 0.3 is 0 Å². The van der Waals surface area contributed by atoms with Gasteiger partial charge in [0.2, 0.25) is 23.6 Å². The second-order valence-corrected chi connectivity index (χ2v) is 9.79. The SMILES string of the molecule is CC[C@H](C)NC(=O)[C@@H](C)N(Cc1ccc(Br)cc1)C(=O)CCN1C(=O)[C@H]2CC=CC[C@H]2C1=O. The molecule has 8 heteroatoms. The summed E-state index contributed by atoms with van der Waals surface area (Å²) < 4.78 is 0.925. The lowest BCUT2D eigenvalue weighted by Crippen LogP contribution is -2.50. The first-order valence-electron chi connectivity index (χ1n) is 11.6. The highest BCUT2D eigenvalue weighted by atomic mass is 79.9. The summed E-state index contributed by atoms with van der Waals surface area (Å²) in [4.78, 5) is 54.3. The van der Waals surface area contributed by atoms with Crippen LogP contribution in [0.25, 0.3) is 0 Å². The van der Waals surface area contributed by atoms with Crippen LogP contribution in [0.3, 0.4) is 0 Å². The molecule has 1 aliphatic heterocycles. The number of imide groups is 1. The average Bonchev–Trinajstić information content (AvgIpc) is 3.06. The molecule has 2 aliphatic rings. The quantitative estimate of drug-likeness (QED) is 0.401. The zero-order valence-electron chi connectivity index (χ0n) is 19.4. The Balaban J connectivity index is 1.71. The van der Waals surface area contributed by atoms with Crippen LogP contribution < -0.4 is 5.32 Å². The molecule has 4 amide bonds. The molecule has 178 valence electrons. The van der Waals surface area contributed by atoms with E-state index in [2.05, 4.69) is 21.2 Å². The molecular weight excluding hydrogens is 486 g/mol. The molecule has 1 heterocycles. The summed E-state index contributed by atoms with van der Waals surface area (Å²) in [6.07, 6.45) is 5.80. The van der Waals surface area contributed by atoms with E-state index in [-0.39, 0.29) is 61.0 Å². The summed E-state index contributed by atoms with van der Waals surface area (Å²) >= 11 is 3.41. The fourth-order valence-corrected chi connectivity index (χ4v) is 4.54. The number of allylic oxidation sites excluding steroid dienone is 2.